The summed E-state index contributed by atoms with van der Waals surface area (Å²) in [4.78, 5) is 11.6. The van der Waals surface area contributed by atoms with Gasteiger partial charge in [-0.25, -0.2) is 4.79 Å². The average molecular weight is 242 g/mol. The van der Waals surface area contributed by atoms with Gasteiger partial charge < -0.3 is 24.4 Å². The molecule has 0 spiro atoms. The number of hydrogen-bond acceptors (Lipinski definition) is 6. The zero-order chi connectivity index (χ0) is 12.4. The topological polar surface area (TPSA) is 88.5 Å². The summed E-state index contributed by atoms with van der Waals surface area (Å²) in [5, 5.41) is 19.9. The Morgan fingerprint density at radius 2 is 2.24 bits per heavy atom. The summed E-state index contributed by atoms with van der Waals surface area (Å²) < 4.78 is 15.1. The van der Waals surface area contributed by atoms with E-state index in [0.29, 0.717) is 0 Å². The van der Waals surface area contributed by atoms with Crippen molar-refractivity contribution < 1.29 is 29.2 Å². The lowest BCUT2D eigenvalue weighted by Crippen LogP contribution is -2.43. The molecule has 0 bridgehead atoms. The van der Waals surface area contributed by atoms with Crippen LogP contribution in [0.15, 0.2) is 11.8 Å². The molecule has 6 heteroatoms. The maximum absolute atomic E-state index is 11.6. The summed E-state index contributed by atoms with van der Waals surface area (Å²) in [6.45, 7) is 1.80. The number of fused-ring (bicyclic) bond motifs is 3. The van der Waals surface area contributed by atoms with Gasteiger partial charge in [0, 0.05) is 5.92 Å². The minimum atomic E-state index is -1.07. The first-order chi connectivity index (χ1) is 8.00. The first-order valence-electron chi connectivity index (χ1n) is 5.48. The molecule has 0 amide bonds. The molecular weight excluding hydrogens is 228 g/mol. The highest BCUT2D eigenvalue weighted by molar-refractivity contribution is 5.89. The summed E-state index contributed by atoms with van der Waals surface area (Å²) in [6, 6.07) is 0. The fourth-order valence-electron chi connectivity index (χ4n) is 3.12. The van der Waals surface area contributed by atoms with Crippen LogP contribution in [0.5, 0.6) is 0 Å². The zero-order valence-corrected chi connectivity index (χ0v) is 9.49. The first kappa shape index (κ1) is 11.0. The molecule has 6 nitrogen and oxygen atoms in total. The lowest BCUT2D eigenvalue weighted by molar-refractivity contribution is -0.157. The predicted octanol–water partition coefficient (Wildman–Crippen LogP) is -0.844. The van der Waals surface area contributed by atoms with Crippen molar-refractivity contribution in [3.05, 3.63) is 11.8 Å². The molecule has 17 heavy (non-hydrogen) atoms. The van der Waals surface area contributed by atoms with Crippen molar-refractivity contribution >= 4 is 5.97 Å². The van der Waals surface area contributed by atoms with Crippen molar-refractivity contribution in [3.8, 4) is 0 Å². The maximum atomic E-state index is 11.6. The molecule has 0 aromatic carbocycles. The minimum absolute atomic E-state index is 0.257. The third-order valence-electron chi connectivity index (χ3n) is 4.04. The molecule has 3 rings (SSSR count). The van der Waals surface area contributed by atoms with Crippen molar-refractivity contribution in [1.29, 1.82) is 0 Å². The summed E-state index contributed by atoms with van der Waals surface area (Å²) in [6.07, 6.45) is -1.05. The van der Waals surface area contributed by atoms with Crippen molar-refractivity contribution in [2.24, 2.45) is 11.8 Å². The Morgan fingerprint density at radius 1 is 1.53 bits per heavy atom. The predicted molar refractivity (Wildman–Crippen MR) is 53.5 cm³/mol. The number of carbonyl (C=O) groups excluding carboxylic acids is 1. The van der Waals surface area contributed by atoms with Gasteiger partial charge >= 0.3 is 5.97 Å². The molecule has 0 unspecified atom stereocenters. The molecule has 2 N–H and O–H groups in total. The summed E-state index contributed by atoms with van der Waals surface area (Å²) >= 11 is 0. The lowest BCUT2D eigenvalue weighted by atomic mass is 9.81. The molecule has 2 heterocycles. The van der Waals surface area contributed by atoms with Crippen molar-refractivity contribution in [3.63, 3.8) is 0 Å². The van der Waals surface area contributed by atoms with E-state index >= 15 is 0 Å². The largest absolute Gasteiger partial charge is 0.472 e. The normalized spacial score (nSPS) is 50.8. The second kappa shape index (κ2) is 3.22. The van der Waals surface area contributed by atoms with E-state index in [4.69, 9.17) is 9.47 Å². The third-order valence-corrected chi connectivity index (χ3v) is 4.04. The molecular formula is C11H14O6. The summed E-state index contributed by atoms with van der Waals surface area (Å²) in [5.41, 5.74) is -0.357. The molecule has 1 saturated carbocycles. The van der Waals surface area contributed by atoms with Crippen LogP contribution in [0.2, 0.25) is 0 Å². The number of aliphatic hydroxyl groups excluding tert-OH is 2. The molecule has 3 aliphatic rings. The highest BCUT2D eigenvalue weighted by Gasteiger charge is 2.74. The smallest absolute Gasteiger partial charge is 0.337 e. The molecule has 2 aliphatic heterocycles. The van der Waals surface area contributed by atoms with Crippen molar-refractivity contribution in [2.75, 3.05) is 7.11 Å². The number of esters is 1. The van der Waals surface area contributed by atoms with Gasteiger partial charge in [0.15, 0.2) is 0 Å². The van der Waals surface area contributed by atoms with Crippen LogP contribution in [0, 0.1) is 11.8 Å². The van der Waals surface area contributed by atoms with Gasteiger partial charge in [-0.2, -0.15) is 0 Å². The van der Waals surface area contributed by atoms with Gasteiger partial charge in [-0.15, -0.1) is 0 Å². The van der Waals surface area contributed by atoms with E-state index in [1.807, 2.05) is 0 Å². The van der Waals surface area contributed by atoms with Gasteiger partial charge in [-0.1, -0.05) is 0 Å². The maximum Gasteiger partial charge on any atom is 0.337 e. The first-order valence-corrected chi connectivity index (χ1v) is 5.48. The van der Waals surface area contributed by atoms with Gasteiger partial charge in [0.25, 0.3) is 0 Å². The van der Waals surface area contributed by atoms with Gasteiger partial charge in [-0.3, -0.25) is 0 Å². The lowest BCUT2D eigenvalue weighted by Gasteiger charge is -2.34. The number of rotatable bonds is 1. The van der Waals surface area contributed by atoms with Crippen LogP contribution in [0.3, 0.4) is 0 Å². The van der Waals surface area contributed by atoms with Crippen LogP contribution in [-0.2, 0) is 19.0 Å². The molecule has 94 valence electrons. The molecule has 1 aliphatic carbocycles. The molecule has 1 saturated heterocycles. The fourth-order valence-corrected chi connectivity index (χ4v) is 3.12. The van der Waals surface area contributed by atoms with Crippen molar-refractivity contribution in [1.82, 2.24) is 0 Å². The fraction of sp³-hybridized carbons (Fsp3) is 0.727. The standard InChI is InChI=1S/C11H14O6/c1-11-6-5(7(12)8(11)17-11)4(9(13)15-2)3-16-10(6)14/h3,5-8,10,12,14H,1-2H3/t5-,6-,7-,8-,10-,11+/m1/s1. The Bertz CT molecular complexity index is 405. The highest BCUT2D eigenvalue weighted by Crippen LogP contribution is 2.60. The van der Waals surface area contributed by atoms with Crippen LogP contribution in [-0.4, -0.2) is 47.4 Å². The van der Waals surface area contributed by atoms with Gasteiger partial charge in [-0.05, 0) is 6.92 Å². The SMILES string of the molecule is COC(=O)C1=CO[C@@H](O)[C@H]2[C@@H]1[C@@H](O)[C@H]1O[C@@]21C. The highest BCUT2D eigenvalue weighted by atomic mass is 16.6. The Balaban J connectivity index is 1.98. The number of aliphatic hydroxyl groups is 2. The molecule has 0 aromatic heterocycles. The summed E-state index contributed by atoms with van der Waals surface area (Å²) in [5.74, 6) is -1.48. The van der Waals surface area contributed by atoms with Crippen molar-refractivity contribution in [2.45, 2.75) is 31.0 Å². The van der Waals surface area contributed by atoms with E-state index in [1.54, 1.807) is 6.92 Å². The average Bonchev–Trinajstić information content (AvgIpc) is 2.94. The second-order valence-corrected chi connectivity index (χ2v) is 4.86. The molecule has 6 atom stereocenters. The molecule has 0 aromatic rings. The number of epoxide rings is 1. The van der Waals surface area contributed by atoms with Crippen LogP contribution in [0.1, 0.15) is 6.92 Å². The Morgan fingerprint density at radius 3 is 2.88 bits per heavy atom. The monoisotopic (exact) mass is 242 g/mol. The van der Waals surface area contributed by atoms with Crippen LogP contribution < -0.4 is 0 Å². The van der Waals surface area contributed by atoms with Crippen LogP contribution >= 0.6 is 0 Å². The second-order valence-electron chi connectivity index (χ2n) is 4.86. The zero-order valence-electron chi connectivity index (χ0n) is 9.49. The van der Waals surface area contributed by atoms with E-state index in [2.05, 4.69) is 4.74 Å². The number of carbonyl (C=O) groups is 1. The Kier molecular flexibility index (Phi) is 2.08. The number of ether oxygens (including phenoxy) is 3. The van der Waals surface area contributed by atoms with Gasteiger partial charge in [0.2, 0.25) is 6.29 Å². The van der Waals surface area contributed by atoms with E-state index in [1.165, 1.54) is 13.4 Å². The summed E-state index contributed by atoms with van der Waals surface area (Å²) in [7, 11) is 1.27. The Labute approximate surface area is 97.8 Å². The van der Waals surface area contributed by atoms with E-state index in [-0.39, 0.29) is 11.7 Å². The quantitative estimate of drug-likeness (QED) is 0.460. The van der Waals surface area contributed by atoms with Crippen LogP contribution in [0.4, 0.5) is 0 Å². The third kappa shape index (κ3) is 1.23. The van der Waals surface area contributed by atoms with E-state index < -0.39 is 35.8 Å². The Hall–Kier alpha value is -1.11. The molecule has 2 fully saturated rings. The van der Waals surface area contributed by atoms with Gasteiger partial charge in [0.1, 0.15) is 11.7 Å². The number of methoxy groups -OCH3 is 1. The van der Waals surface area contributed by atoms with Gasteiger partial charge in [0.05, 0.1) is 31.0 Å². The van der Waals surface area contributed by atoms with E-state index in [0.717, 1.165) is 0 Å². The number of hydrogen-bond donors (Lipinski definition) is 2. The minimum Gasteiger partial charge on any atom is -0.472 e. The molecule has 0 radical (unpaired) electrons. The van der Waals surface area contributed by atoms with E-state index in [9.17, 15) is 15.0 Å². The van der Waals surface area contributed by atoms with Crippen LogP contribution in [0.25, 0.3) is 0 Å².